The number of piperidine rings is 1. The number of aromatic nitrogens is 2. The van der Waals surface area contributed by atoms with Gasteiger partial charge in [0.25, 0.3) is 0 Å². The summed E-state index contributed by atoms with van der Waals surface area (Å²) in [5.74, 6) is 3.77. The van der Waals surface area contributed by atoms with Crippen LogP contribution < -0.4 is 4.90 Å². The van der Waals surface area contributed by atoms with E-state index in [0.717, 1.165) is 76.5 Å². The summed E-state index contributed by atoms with van der Waals surface area (Å²) >= 11 is 0. The molecule has 6 nitrogen and oxygen atoms in total. The maximum absolute atomic E-state index is 12.6. The van der Waals surface area contributed by atoms with Crippen molar-refractivity contribution in [2.75, 3.05) is 37.7 Å². The molecule has 4 heterocycles. The molecule has 0 unspecified atom stereocenters. The molecule has 30 heavy (non-hydrogen) atoms. The molecule has 1 amide bonds. The van der Waals surface area contributed by atoms with Crippen molar-refractivity contribution < 1.29 is 9.53 Å². The first-order valence-corrected chi connectivity index (χ1v) is 12.2. The Morgan fingerprint density at radius 1 is 1.07 bits per heavy atom. The van der Waals surface area contributed by atoms with Crippen molar-refractivity contribution in [3.8, 4) is 0 Å². The summed E-state index contributed by atoms with van der Waals surface area (Å²) < 4.78 is 5.67. The molecule has 2 saturated heterocycles. The maximum Gasteiger partial charge on any atom is 0.222 e. The molecule has 0 N–H and O–H groups in total. The van der Waals surface area contributed by atoms with E-state index in [2.05, 4.69) is 16.7 Å². The number of fused-ring (bicyclic) bond motifs is 1. The topological polar surface area (TPSA) is 58.6 Å². The van der Waals surface area contributed by atoms with E-state index in [1.807, 2.05) is 0 Å². The Kier molecular flexibility index (Phi) is 5.94. The number of rotatable bonds is 6. The average molecular weight is 413 g/mol. The molecule has 3 aliphatic heterocycles. The number of aryl methyl sites for hydroxylation is 1. The van der Waals surface area contributed by atoms with Gasteiger partial charge in [-0.2, -0.15) is 0 Å². The van der Waals surface area contributed by atoms with Crippen LogP contribution in [0.1, 0.15) is 80.8 Å². The normalized spacial score (nSPS) is 24.9. The van der Waals surface area contributed by atoms with Gasteiger partial charge in [-0.25, -0.2) is 9.97 Å². The third-order valence-corrected chi connectivity index (χ3v) is 7.46. The minimum Gasteiger partial charge on any atom is -0.378 e. The number of hydrogen-bond donors (Lipinski definition) is 0. The highest BCUT2D eigenvalue weighted by Crippen LogP contribution is 2.36. The summed E-state index contributed by atoms with van der Waals surface area (Å²) in [6.45, 7) is 7.00. The van der Waals surface area contributed by atoms with Crippen molar-refractivity contribution in [2.24, 2.45) is 5.92 Å². The molecule has 5 rings (SSSR count). The summed E-state index contributed by atoms with van der Waals surface area (Å²) in [6, 6.07) is 0. The van der Waals surface area contributed by atoms with E-state index >= 15 is 0 Å². The van der Waals surface area contributed by atoms with E-state index in [1.54, 1.807) is 0 Å². The Morgan fingerprint density at radius 2 is 1.90 bits per heavy atom. The molecule has 1 aromatic heterocycles. The Labute approximate surface area is 180 Å². The van der Waals surface area contributed by atoms with Crippen LogP contribution in [0.2, 0.25) is 0 Å². The third-order valence-electron chi connectivity index (χ3n) is 7.46. The zero-order valence-corrected chi connectivity index (χ0v) is 18.4. The first-order valence-electron chi connectivity index (χ1n) is 12.2. The highest BCUT2D eigenvalue weighted by atomic mass is 16.5. The molecule has 1 aliphatic carbocycles. The zero-order valence-electron chi connectivity index (χ0n) is 18.4. The average Bonchev–Trinajstić information content (AvgIpc) is 3.43. The molecule has 6 heteroatoms. The van der Waals surface area contributed by atoms with Gasteiger partial charge in [0, 0.05) is 56.4 Å². The molecule has 1 aromatic rings. The second-order valence-corrected chi connectivity index (χ2v) is 9.79. The number of carbonyl (C=O) groups excluding carboxylic acids is 1. The monoisotopic (exact) mass is 412 g/mol. The van der Waals surface area contributed by atoms with Gasteiger partial charge in [0.1, 0.15) is 11.6 Å². The predicted octanol–water partition coefficient (Wildman–Crippen LogP) is 3.61. The minimum absolute atomic E-state index is 0.294. The minimum atomic E-state index is 0.294. The molecule has 0 bridgehead atoms. The maximum atomic E-state index is 12.6. The van der Waals surface area contributed by atoms with Crippen LogP contribution in [0.4, 0.5) is 5.82 Å². The van der Waals surface area contributed by atoms with Crippen LogP contribution in [0.3, 0.4) is 0 Å². The van der Waals surface area contributed by atoms with Crippen LogP contribution in [-0.4, -0.2) is 59.7 Å². The molecule has 4 aliphatic rings. The van der Waals surface area contributed by atoms with Gasteiger partial charge in [0.15, 0.2) is 0 Å². The molecule has 164 valence electrons. The van der Waals surface area contributed by atoms with Gasteiger partial charge in [-0.1, -0.05) is 0 Å². The lowest BCUT2D eigenvalue weighted by atomic mass is 9.94. The molecular formula is C24H36N4O2. The van der Waals surface area contributed by atoms with Crippen molar-refractivity contribution in [3.05, 3.63) is 17.1 Å². The Morgan fingerprint density at radius 3 is 2.63 bits per heavy atom. The predicted molar refractivity (Wildman–Crippen MR) is 117 cm³/mol. The SMILES string of the molecule is Cc1nc(C2CCN(C(=O)CC[C@@H]3CCCO3)CC2)nc2c1CCCN2CC1CC1. The fraction of sp³-hybridized carbons (Fsp3) is 0.792. The number of nitrogens with zero attached hydrogens (tertiary/aromatic N) is 4. The molecule has 0 spiro atoms. The Balaban J connectivity index is 1.20. The largest absolute Gasteiger partial charge is 0.378 e. The lowest BCUT2D eigenvalue weighted by molar-refractivity contribution is -0.132. The third kappa shape index (κ3) is 4.48. The summed E-state index contributed by atoms with van der Waals surface area (Å²) in [7, 11) is 0. The molecule has 0 aromatic carbocycles. The van der Waals surface area contributed by atoms with Crippen LogP contribution in [-0.2, 0) is 16.0 Å². The highest BCUT2D eigenvalue weighted by Gasteiger charge is 2.31. The number of likely N-dealkylation sites (tertiary alicyclic amines) is 1. The standard InChI is InChI=1S/C24H36N4O2/c1-17-21-5-2-12-28(16-18-6-7-18)24(21)26-23(25-17)19-10-13-27(14-11-19)22(29)9-8-20-4-3-15-30-20/h18-20H,2-16H2,1H3/t20-/m0/s1. The van der Waals surface area contributed by atoms with Crippen molar-refractivity contribution >= 4 is 11.7 Å². The van der Waals surface area contributed by atoms with Crippen molar-refractivity contribution in [2.45, 2.75) is 83.2 Å². The van der Waals surface area contributed by atoms with Gasteiger partial charge in [0.05, 0.1) is 6.10 Å². The first kappa shape index (κ1) is 20.2. The van der Waals surface area contributed by atoms with Gasteiger partial charge in [-0.3, -0.25) is 4.79 Å². The highest BCUT2D eigenvalue weighted by molar-refractivity contribution is 5.76. The molecule has 1 atom stereocenters. The van der Waals surface area contributed by atoms with Gasteiger partial charge in [0.2, 0.25) is 5.91 Å². The first-order chi connectivity index (χ1) is 14.7. The number of carbonyl (C=O) groups is 1. The fourth-order valence-corrected chi connectivity index (χ4v) is 5.38. The van der Waals surface area contributed by atoms with Crippen LogP contribution in [0, 0.1) is 12.8 Å². The molecular weight excluding hydrogens is 376 g/mol. The van der Waals surface area contributed by atoms with Gasteiger partial charge in [-0.15, -0.1) is 0 Å². The lowest BCUT2D eigenvalue weighted by Crippen LogP contribution is -2.39. The smallest absolute Gasteiger partial charge is 0.222 e. The Bertz CT molecular complexity index is 765. The van der Waals surface area contributed by atoms with Crippen molar-refractivity contribution in [1.82, 2.24) is 14.9 Å². The van der Waals surface area contributed by atoms with Gasteiger partial charge < -0.3 is 14.5 Å². The van der Waals surface area contributed by atoms with Crippen LogP contribution in [0.25, 0.3) is 0 Å². The Hall–Kier alpha value is -1.69. The summed E-state index contributed by atoms with van der Waals surface area (Å²) in [4.78, 5) is 27.3. The number of anilines is 1. The fourth-order valence-electron chi connectivity index (χ4n) is 5.38. The van der Waals surface area contributed by atoms with Crippen LogP contribution >= 0.6 is 0 Å². The second-order valence-electron chi connectivity index (χ2n) is 9.79. The van der Waals surface area contributed by atoms with Gasteiger partial charge >= 0.3 is 0 Å². The van der Waals surface area contributed by atoms with Crippen LogP contribution in [0.5, 0.6) is 0 Å². The van der Waals surface area contributed by atoms with E-state index in [9.17, 15) is 4.79 Å². The number of hydrogen-bond acceptors (Lipinski definition) is 5. The quantitative estimate of drug-likeness (QED) is 0.714. The van der Waals surface area contributed by atoms with Crippen molar-refractivity contribution in [3.63, 3.8) is 0 Å². The van der Waals surface area contributed by atoms with E-state index in [4.69, 9.17) is 14.7 Å². The summed E-state index contributed by atoms with van der Waals surface area (Å²) in [5, 5.41) is 0. The second kappa shape index (κ2) is 8.81. The summed E-state index contributed by atoms with van der Waals surface area (Å²) in [5.41, 5.74) is 2.54. The lowest BCUT2D eigenvalue weighted by Gasteiger charge is -2.34. The van der Waals surface area contributed by atoms with Gasteiger partial charge in [-0.05, 0) is 70.6 Å². The van der Waals surface area contributed by atoms with Crippen molar-refractivity contribution in [1.29, 1.82) is 0 Å². The molecule has 3 fully saturated rings. The number of ether oxygens (including phenoxy) is 1. The van der Waals surface area contributed by atoms with E-state index in [0.29, 0.717) is 24.3 Å². The summed E-state index contributed by atoms with van der Waals surface area (Å²) in [6.07, 6.45) is 11.1. The van der Waals surface area contributed by atoms with E-state index in [1.165, 1.54) is 42.9 Å². The van der Waals surface area contributed by atoms with Crippen LogP contribution in [0.15, 0.2) is 0 Å². The van der Waals surface area contributed by atoms with E-state index < -0.39 is 0 Å². The van der Waals surface area contributed by atoms with E-state index in [-0.39, 0.29) is 0 Å². The molecule has 1 saturated carbocycles. The molecule has 0 radical (unpaired) electrons. The zero-order chi connectivity index (χ0) is 20.5. The number of amides is 1.